The molecule has 0 spiro atoms. The third-order valence-electron chi connectivity index (χ3n) is 6.23. The average molecular weight is 548 g/mol. The molecule has 4 aromatic rings. The molecular formula is C28H37N9O3. The lowest BCUT2D eigenvalue weighted by atomic mass is 10.1. The maximum atomic E-state index is 12.7. The van der Waals surface area contributed by atoms with Crippen LogP contribution in [0.5, 0.6) is 5.75 Å². The zero-order chi connectivity index (χ0) is 28.3. The molecular weight excluding hydrogens is 510 g/mol. The molecule has 0 aliphatic rings. The molecule has 0 unspecified atom stereocenters. The van der Waals surface area contributed by atoms with Crippen molar-refractivity contribution in [1.82, 2.24) is 34.5 Å². The normalized spacial score (nSPS) is 10.9. The molecule has 4 rings (SSSR count). The molecule has 3 heterocycles. The van der Waals surface area contributed by atoms with Crippen LogP contribution in [0, 0.1) is 0 Å². The summed E-state index contributed by atoms with van der Waals surface area (Å²) in [5.41, 5.74) is 2.21. The van der Waals surface area contributed by atoms with Gasteiger partial charge in [0.15, 0.2) is 17.4 Å². The summed E-state index contributed by atoms with van der Waals surface area (Å²) in [6.45, 7) is 5.04. The molecule has 0 fully saturated rings. The Morgan fingerprint density at radius 3 is 2.60 bits per heavy atom. The largest absolute Gasteiger partial charge is 0.494 e. The summed E-state index contributed by atoms with van der Waals surface area (Å²) < 4.78 is 14.5. The summed E-state index contributed by atoms with van der Waals surface area (Å²) in [6.07, 6.45) is 14.1. The summed E-state index contributed by atoms with van der Waals surface area (Å²) in [5.74, 6) is 1.05. The Kier molecular flexibility index (Phi) is 10.0. The lowest BCUT2D eigenvalue weighted by Crippen LogP contribution is -2.12. The first-order valence-electron chi connectivity index (χ1n) is 13.7. The van der Waals surface area contributed by atoms with Gasteiger partial charge in [0.25, 0.3) is 0 Å². The van der Waals surface area contributed by atoms with E-state index in [-0.39, 0.29) is 18.0 Å². The van der Waals surface area contributed by atoms with Crippen molar-refractivity contribution >= 4 is 29.1 Å². The third-order valence-corrected chi connectivity index (χ3v) is 6.23. The van der Waals surface area contributed by atoms with E-state index < -0.39 is 5.97 Å². The Hall–Kier alpha value is -4.48. The van der Waals surface area contributed by atoms with Crippen LogP contribution in [-0.2, 0) is 18.3 Å². The van der Waals surface area contributed by atoms with E-state index in [1.807, 2.05) is 29.1 Å². The second-order valence-electron chi connectivity index (χ2n) is 9.31. The van der Waals surface area contributed by atoms with Crippen LogP contribution in [0.2, 0.25) is 0 Å². The summed E-state index contributed by atoms with van der Waals surface area (Å²) >= 11 is 0. The average Bonchev–Trinajstić information content (AvgIpc) is 3.59. The van der Waals surface area contributed by atoms with Gasteiger partial charge in [0.2, 0.25) is 5.95 Å². The van der Waals surface area contributed by atoms with Crippen molar-refractivity contribution in [1.29, 1.82) is 0 Å². The quantitative estimate of drug-likeness (QED) is 0.145. The fourth-order valence-corrected chi connectivity index (χ4v) is 4.25. The zero-order valence-electron chi connectivity index (χ0n) is 23.6. The number of hydrogen-bond donors (Lipinski definition) is 2. The number of nitrogens with one attached hydrogen (secondary N) is 2. The highest BCUT2D eigenvalue weighted by Gasteiger charge is 2.20. The van der Waals surface area contributed by atoms with Gasteiger partial charge in [0, 0.05) is 26.0 Å². The molecule has 212 valence electrons. The summed E-state index contributed by atoms with van der Waals surface area (Å²) in [5, 5.41) is 15.2. The minimum Gasteiger partial charge on any atom is -0.494 e. The Balaban J connectivity index is 1.54. The molecule has 0 aliphatic heterocycles. The van der Waals surface area contributed by atoms with Crippen molar-refractivity contribution in [3.63, 3.8) is 0 Å². The molecule has 0 atom stereocenters. The van der Waals surface area contributed by atoms with Crippen LogP contribution in [0.25, 0.3) is 11.4 Å². The number of methoxy groups -OCH3 is 1. The van der Waals surface area contributed by atoms with Crippen molar-refractivity contribution in [2.24, 2.45) is 7.05 Å². The monoisotopic (exact) mass is 547 g/mol. The van der Waals surface area contributed by atoms with Crippen molar-refractivity contribution in [3.8, 4) is 17.1 Å². The molecule has 0 radical (unpaired) electrons. The second-order valence-corrected chi connectivity index (χ2v) is 9.31. The van der Waals surface area contributed by atoms with Gasteiger partial charge in [-0.2, -0.15) is 15.2 Å². The minimum atomic E-state index is -0.537. The Labute approximate surface area is 234 Å². The van der Waals surface area contributed by atoms with Gasteiger partial charge in [-0.25, -0.2) is 14.8 Å². The number of nitrogens with zero attached hydrogens (tertiary/aromatic N) is 7. The fourth-order valence-electron chi connectivity index (χ4n) is 4.25. The summed E-state index contributed by atoms with van der Waals surface area (Å²) in [7, 11) is 3.36. The number of rotatable bonds is 15. The van der Waals surface area contributed by atoms with E-state index in [9.17, 15) is 4.79 Å². The van der Waals surface area contributed by atoms with Crippen LogP contribution < -0.4 is 15.4 Å². The van der Waals surface area contributed by atoms with Gasteiger partial charge < -0.3 is 20.1 Å². The first-order valence-corrected chi connectivity index (χ1v) is 13.7. The van der Waals surface area contributed by atoms with Crippen LogP contribution in [0.1, 0.15) is 62.7 Å². The zero-order valence-corrected chi connectivity index (χ0v) is 23.6. The van der Waals surface area contributed by atoms with Crippen molar-refractivity contribution in [2.45, 2.75) is 58.9 Å². The predicted octanol–water partition coefficient (Wildman–Crippen LogP) is 5.50. The summed E-state index contributed by atoms with van der Waals surface area (Å²) in [4.78, 5) is 26.0. The molecule has 12 nitrogen and oxygen atoms in total. The van der Waals surface area contributed by atoms with Crippen LogP contribution >= 0.6 is 0 Å². The predicted molar refractivity (Wildman–Crippen MR) is 153 cm³/mol. The Morgan fingerprint density at radius 1 is 1.02 bits per heavy atom. The topological polar surface area (TPSA) is 134 Å². The number of esters is 1. The SMILES string of the molecule is CCCCCCCCn1cc(Nc2ncc(C(=O)OCC)c(Nc3cccc(-c4ncn(C)n4)c3OC)n2)cn1. The van der Waals surface area contributed by atoms with Gasteiger partial charge in [-0.3, -0.25) is 9.36 Å². The van der Waals surface area contributed by atoms with Crippen LogP contribution in [0.15, 0.2) is 43.1 Å². The number of anilines is 4. The Bertz CT molecular complexity index is 1400. The molecule has 2 N–H and O–H groups in total. The maximum Gasteiger partial charge on any atom is 0.343 e. The number of carbonyl (C=O) groups is 1. The highest BCUT2D eigenvalue weighted by atomic mass is 16.5. The number of ether oxygens (including phenoxy) is 2. The van der Waals surface area contributed by atoms with Gasteiger partial charge in [-0.15, -0.1) is 0 Å². The van der Waals surface area contributed by atoms with Gasteiger partial charge in [-0.05, 0) is 25.5 Å². The van der Waals surface area contributed by atoms with E-state index in [1.165, 1.54) is 38.3 Å². The third kappa shape index (κ3) is 7.33. The number of para-hydroxylation sites is 1. The molecule has 12 heteroatoms. The summed E-state index contributed by atoms with van der Waals surface area (Å²) in [6, 6.07) is 5.53. The second kappa shape index (κ2) is 14.1. The molecule has 0 saturated heterocycles. The number of hydrogen-bond acceptors (Lipinski definition) is 10. The van der Waals surface area contributed by atoms with E-state index in [4.69, 9.17) is 9.47 Å². The van der Waals surface area contributed by atoms with Gasteiger partial charge in [0.05, 0.1) is 36.9 Å². The smallest absolute Gasteiger partial charge is 0.343 e. The van der Waals surface area contributed by atoms with Crippen molar-refractivity contribution in [3.05, 3.63) is 48.7 Å². The number of unbranched alkanes of at least 4 members (excludes halogenated alkanes) is 5. The molecule has 3 aromatic heterocycles. The molecule has 0 bridgehead atoms. The van der Waals surface area contributed by atoms with E-state index in [0.29, 0.717) is 28.8 Å². The van der Waals surface area contributed by atoms with Gasteiger partial charge >= 0.3 is 5.97 Å². The van der Waals surface area contributed by atoms with E-state index >= 15 is 0 Å². The van der Waals surface area contributed by atoms with Crippen LogP contribution in [0.4, 0.5) is 23.1 Å². The highest BCUT2D eigenvalue weighted by molar-refractivity contribution is 5.96. The molecule has 40 heavy (non-hydrogen) atoms. The fraction of sp³-hybridized carbons (Fsp3) is 0.429. The van der Waals surface area contributed by atoms with E-state index in [0.717, 1.165) is 18.7 Å². The molecule has 0 aliphatic carbocycles. The number of benzene rings is 1. The molecule has 0 saturated carbocycles. The number of carbonyl (C=O) groups excluding carboxylic acids is 1. The molecule has 1 aromatic carbocycles. The lowest BCUT2D eigenvalue weighted by molar-refractivity contribution is 0.0526. The molecule has 0 amide bonds. The van der Waals surface area contributed by atoms with E-state index in [2.05, 4.69) is 42.7 Å². The van der Waals surface area contributed by atoms with Crippen molar-refractivity contribution in [2.75, 3.05) is 24.4 Å². The maximum absolute atomic E-state index is 12.7. The first kappa shape index (κ1) is 28.5. The first-order chi connectivity index (χ1) is 19.5. The minimum absolute atomic E-state index is 0.189. The van der Waals surface area contributed by atoms with Crippen molar-refractivity contribution < 1.29 is 14.3 Å². The number of aromatic nitrogens is 7. The Morgan fingerprint density at radius 2 is 1.85 bits per heavy atom. The van der Waals surface area contributed by atoms with Crippen LogP contribution in [0.3, 0.4) is 0 Å². The van der Waals surface area contributed by atoms with Crippen LogP contribution in [-0.4, -0.2) is 54.2 Å². The number of aryl methyl sites for hydroxylation is 2. The van der Waals surface area contributed by atoms with E-state index in [1.54, 1.807) is 38.3 Å². The standard InChI is InChI=1S/C28H37N9O3/c1-5-7-8-9-10-11-15-37-18-20(16-31-37)32-28-29-17-22(27(38)40-6-2)26(34-28)33-23-14-12-13-21(24(23)39-4)25-30-19-36(3)35-25/h12-14,16-19H,5-11,15H2,1-4H3,(H2,29,32,33,34). The van der Waals surface area contributed by atoms with Gasteiger partial charge in [0.1, 0.15) is 11.9 Å². The lowest BCUT2D eigenvalue weighted by Gasteiger charge is -2.16. The highest BCUT2D eigenvalue weighted by Crippen LogP contribution is 2.36. The van der Waals surface area contributed by atoms with Gasteiger partial charge in [-0.1, -0.05) is 45.1 Å².